The number of aryl methyl sites for hydroxylation is 1. The summed E-state index contributed by atoms with van der Waals surface area (Å²) in [6.45, 7) is 2.06. The van der Waals surface area contributed by atoms with Gasteiger partial charge in [-0.1, -0.05) is 66.7 Å². The van der Waals surface area contributed by atoms with Crippen LogP contribution in [0, 0.1) is 18.3 Å². The molecule has 1 nitrogen and oxygen atoms in total. The van der Waals surface area contributed by atoms with Gasteiger partial charge in [0.2, 0.25) is 0 Å². The van der Waals surface area contributed by atoms with Crippen LogP contribution in [0.2, 0.25) is 0 Å². The van der Waals surface area contributed by atoms with Crippen LogP contribution in [0.4, 0.5) is 0 Å². The Bertz CT molecular complexity index is 861. The summed E-state index contributed by atoms with van der Waals surface area (Å²) in [5, 5.41) is 11.8. The molecule has 1 heteroatoms. The maximum absolute atomic E-state index is 9.57. The van der Waals surface area contributed by atoms with Gasteiger partial charge < -0.3 is 0 Å². The number of hydrogen-bond donors (Lipinski definition) is 0. The molecule has 0 aliphatic carbocycles. The van der Waals surface area contributed by atoms with Gasteiger partial charge >= 0.3 is 0 Å². The van der Waals surface area contributed by atoms with Crippen LogP contribution in [0.5, 0.6) is 0 Å². The summed E-state index contributed by atoms with van der Waals surface area (Å²) in [4.78, 5) is 0. The average Bonchev–Trinajstić information content (AvgIpc) is 2.54. The summed E-state index contributed by atoms with van der Waals surface area (Å²) in [7, 11) is 0. The molecule has 0 bridgehead atoms. The van der Waals surface area contributed by atoms with Crippen molar-refractivity contribution in [1.29, 1.82) is 5.26 Å². The normalized spacial score (nSPS) is 11.3. The van der Waals surface area contributed by atoms with Gasteiger partial charge in [-0.25, -0.2) is 0 Å². The van der Waals surface area contributed by atoms with Gasteiger partial charge in [-0.05, 0) is 34.9 Å². The third-order valence-electron chi connectivity index (χ3n) is 3.69. The molecule has 3 aromatic carbocycles. The van der Waals surface area contributed by atoms with Crippen LogP contribution in [0.1, 0.15) is 16.7 Å². The SMILES string of the molecule is Cc1ccccc1/C=C(/C#N)c1cccc2ccccc12. The third-order valence-corrected chi connectivity index (χ3v) is 3.69. The van der Waals surface area contributed by atoms with Gasteiger partial charge in [-0.2, -0.15) is 5.26 Å². The molecule has 0 N–H and O–H groups in total. The molecule has 21 heavy (non-hydrogen) atoms. The lowest BCUT2D eigenvalue weighted by molar-refractivity contribution is 1.44. The van der Waals surface area contributed by atoms with E-state index in [9.17, 15) is 5.26 Å². The molecule has 0 fully saturated rings. The Hall–Kier alpha value is -2.85. The van der Waals surface area contributed by atoms with Crippen molar-refractivity contribution in [1.82, 2.24) is 0 Å². The summed E-state index contributed by atoms with van der Waals surface area (Å²) < 4.78 is 0. The number of rotatable bonds is 2. The highest BCUT2D eigenvalue weighted by Crippen LogP contribution is 2.26. The van der Waals surface area contributed by atoms with Crippen LogP contribution in [-0.4, -0.2) is 0 Å². The number of nitriles is 1. The molecule has 3 rings (SSSR count). The van der Waals surface area contributed by atoms with Gasteiger partial charge in [0.05, 0.1) is 11.6 Å². The van der Waals surface area contributed by atoms with Crippen molar-refractivity contribution in [3.05, 3.63) is 83.4 Å². The molecule has 0 atom stereocenters. The molecule has 0 aliphatic rings. The van der Waals surface area contributed by atoms with E-state index in [4.69, 9.17) is 0 Å². The van der Waals surface area contributed by atoms with Crippen molar-refractivity contribution in [2.75, 3.05) is 0 Å². The lowest BCUT2D eigenvalue weighted by Gasteiger charge is -2.06. The van der Waals surface area contributed by atoms with Gasteiger partial charge in [0, 0.05) is 5.56 Å². The predicted octanol–water partition coefficient (Wildman–Crippen LogP) is 5.21. The number of benzene rings is 3. The maximum atomic E-state index is 9.57. The van der Waals surface area contributed by atoms with Crippen molar-refractivity contribution in [2.45, 2.75) is 6.92 Å². The molecule has 0 saturated carbocycles. The van der Waals surface area contributed by atoms with Gasteiger partial charge in [-0.3, -0.25) is 0 Å². The van der Waals surface area contributed by atoms with Crippen LogP contribution >= 0.6 is 0 Å². The van der Waals surface area contributed by atoms with Gasteiger partial charge in [0.25, 0.3) is 0 Å². The summed E-state index contributed by atoms with van der Waals surface area (Å²) in [5.41, 5.74) is 3.94. The van der Waals surface area contributed by atoms with E-state index in [2.05, 4.69) is 37.3 Å². The largest absolute Gasteiger partial charge is 0.192 e. The molecule has 0 aliphatic heterocycles. The summed E-state index contributed by atoms with van der Waals surface area (Å²) in [5.74, 6) is 0. The minimum absolute atomic E-state index is 0.695. The van der Waals surface area contributed by atoms with E-state index >= 15 is 0 Å². The molecular formula is C20H15N. The van der Waals surface area contributed by atoms with E-state index < -0.39 is 0 Å². The monoisotopic (exact) mass is 269 g/mol. The Labute approximate surface area is 124 Å². The Balaban J connectivity index is 2.20. The smallest absolute Gasteiger partial charge is 0.0998 e. The van der Waals surface area contributed by atoms with E-state index in [0.717, 1.165) is 21.9 Å². The fraction of sp³-hybridized carbons (Fsp3) is 0.0500. The zero-order valence-electron chi connectivity index (χ0n) is 11.9. The van der Waals surface area contributed by atoms with Crippen LogP contribution in [0.3, 0.4) is 0 Å². The van der Waals surface area contributed by atoms with Crippen LogP contribution < -0.4 is 0 Å². The second-order valence-electron chi connectivity index (χ2n) is 5.05. The van der Waals surface area contributed by atoms with Crippen molar-refractivity contribution in [3.63, 3.8) is 0 Å². The molecule has 0 unspecified atom stereocenters. The van der Waals surface area contributed by atoms with Crippen LogP contribution in [0.15, 0.2) is 66.7 Å². The number of fused-ring (bicyclic) bond motifs is 1. The predicted molar refractivity (Wildman–Crippen MR) is 88.6 cm³/mol. The fourth-order valence-electron chi connectivity index (χ4n) is 2.53. The lowest BCUT2D eigenvalue weighted by atomic mass is 9.96. The highest BCUT2D eigenvalue weighted by atomic mass is 14.3. The number of allylic oxidation sites excluding steroid dienone is 1. The van der Waals surface area contributed by atoms with E-state index in [-0.39, 0.29) is 0 Å². The molecule has 0 amide bonds. The summed E-state index contributed by atoms with van der Waals surface area (Å²) >= 11 is 0. The van der Waals surface area contributed by atoms with E-state index in [1.807, 2.05) is 48.5 Å². The lowest BCUT2D eigenvalue weighted by Crippen LogP contribution is -1.86. The molecule has 0 spiro atoms. The maximum Gasteiger partial charge on any atom is 0.0998 e. The Morgan fingerprint density at radius 3 is 2.43 bits per heavy atom. The second-order valence-corrected chi connectivity index (χ2v) is 5.05. The zero-order chi connectivity index (χ0) is 14.7. The molecule has 0 radical (unpaired) electrons. The molecular weight excluding hydrogens is 254 g/mol. The fourth-order valence-corrected chi connectivity index (χ4v) is 2.53. The quantitative estimate of drug-likeness (QED) is 0.462. The molecule has 0 saturated heterocycles. The van der Waals surface area contributed by atoms with Gasteiger partial charge in [0.15, 0.2) is 0 Å². The molecule has 3 aromatic rings. The second kappa shape index (κ2) is 5.64. The first kappa shape index (κ1) is 13.1. The number of hydrogen-bond acceptors (Lipinski definition) is 1. The zero-order valence-corrected chi connectivity index (χ0v) is 11.9. The third kappa shape index (κ3) is 2.57. The Morgan fingerprint density at radius 1 is 0.905 bits per heavy atom. The van der Waals surface area contributed by atoms with Crippen LogP contribution in [-0.2, 0) is 0 Å². The Kier molecular flexibility index (Phi) is 3.53. The highest BCUT2D eigenvalue weighted by molar-refractivity contribution is 6.01. The summed E-state index contributed by atoms with van der Waals surface area (Å²) in [6.07, 6.45) is 1.97. The van der Waals surface area contributed by atoms with Gasteiger partial charge in [-0.15, -0.1) is 0 Å². The first-order chi connectivity index (χ1) is 10.3. The van der Waals surface area contributed by atoms with E-state index in [1.54, 1.807) is 0 Å². The topological polar surface area (TPSA) is 23.8 Å². The minimum Gasteiger partial charge on any atom is -0.192 e. The average molecular weight is 269 g/mol. The Morgan fingerprint density at radius 2 is 1.62 bits per heavy atom. The van der Waals surface area contributed by atoms with Crippen molar-refractivity contribution in [3.8, 4) is 6.07 Å². The summed E-state index contributed by atoms with van der Waals surface area (Å²) in [6, 6.07) is 24.7. The first-order valence-corrected chi connectivity index (χ1v) is 6.95. The van der Waals surface area contributed by atoms with Crippen molar-refractivity contribution >= 4 is 22.4 Å². The number of nitrogens with zero attached hydrogens (tertiary/aromatic N) is 1. The molecule has 0 aromatic heterocycles. The van der Waals surface area contributed by atoms with Crippen molar-refractivity contribution < 1.29 is 0 Å². The van der Waals surface area contributed by atoms with Gasteiger partial charge in [0.1, 0.15) is 0 Å². The molecule has 100 valence electrons. The molecule has 0 heterocycles. The highest BCUT2D eigenvalue weighted by Gasteiger charge is 2.06. The first-order valence-electron chi connectivity index (χ1n) is 6.95. The van der Waals surface area contributed by atoms with E-state index in [0.29, 0.717) is 5.57 Å². The minimum atomic E-state index is 0.695. The van der Waals surface area contributed by atoms with E-state index in [1.165, 1.54) is 5.56 Å². The van der Waals surface area contributed by atoms with Crippen LogP contribution in [0.25, 0.3) is 22.4 Å². The standard InChI is InChI=1S/C20H15N/c1-15-7-2-3-9-17(15)13-18(14-21)20-12-6-10-16-8-4-5-11-19(16)20/h2-13H,1H3/b18-13-. The van der Waals surface area contributed by atoms with Crippen molar-refractivity contribution in [2.24, 2.45) is 0 Å².